The van der Waals surface area contributed by atoms with Gasteiger partial charge in [0.25, 0.3) is 5.91 Å². The fourth-order valence-electron chi connectivity index (χ4n) is 4.13. The number of hydrogen-bond donors (Lipinski definition) is 3. The molecule has 1 unspecified atom stereocenters. The molecule has 5 rings (SSSR count). The third kappa shape index (κ3) is 4.50. The normalized spacial score (nSPS) is 16.7. The zero-order valence-electron chi connectivity index (χ0n) is 18.5. The maximum absolute atomic E-state index is 13.0. The van der Waals surface area contributed by atoms with E-state index in [2.05, 4.69) is 48.0 Å². The van der Waals surface area contributed by atoms with Gasteiger partial charge in [-0.2, -0.15) is 9.78 Å². The molecule has 0 spiro atoms. The molecule has 0 bridgehead atoms. The first-order valence-corrected chi connectivity index (χ1v) is 10.8. The fourth-order valence-corrected chi connectivity index (χ4v) is 4.13. The van der Waals surface area contributed by atoms with Crippen LogP contribution in [0.2, 0.25) is 0 Å². The molecule has 34 heavy (non-hydrogen) atoms. The van der Waals surface area contributed by atoms with Gasteiger partial charge in [-0.25, -0.2) is 10.1 Å². The Morgan fingerprint density at radius 2 is 2.21 bits per heavy atom. The van der Waals surface area contributed by atoms with Crippen LogP contribution in [0.4, 0.5) is 5.82 Å². The number of amides is 1. The molecule has 3 aromatic heterocycles. The van der Waals surface area contributed by atoms with E-state index in [1.807, 2.05) is 30.5 Å². The van der Waals surface area contributed by atoms with Gasteiger partial charge in [0.2, 0.25) is 11.6 Å². The molecular weight excluding hydrogens is 460 g/mol. The number of H-pyrrole nitrogens is 1. The average Bonchev–Trinajstić information content (AvgIpc) is 3.54. The van der Waals surface area contributed by atoms with Gasteiger partial charge in [0, 0.05) is 35.2 Å². The van der Waals surface area contributed by atoms with Crippen molar-refractivity contribution in [3.05, 3.63) is 47.4 Å². The zero-order valence-corrected chi connectivity index (χ0v) is 19.3. The average molecular weight is 485 g/mol. The molecule has 12 nitrogen and oxygen atoms in total. The molecule has 0 aliphatic carbocycles. The summed E-state index contributed by atoms with van der Waals surface area (Å²) in [5.74, 6) is -0.215. The lowest BCUT2D eigenvalue weighted by molar-refractivity contribution is 0.0945. The van der Waals surface area contributed by atoms with E-state index in [1.54, 1.807) is 6.21 Å². The van der Waals surface area contributed by atoms with E-state index in [9.17, 15) is 4.79 Å². The highest BCUT2D eigenvalue weighted by Crippen LogP contribution is 2.23. The second-order valence-electron chi connectivity index (χ2n) is 8.07. The van der Waals surface area contributed by atoms with Crippen molar-refractivity contribution in [2.75, 3.05) is 12.3 Å². The van der Waals surface area contributed by atoms with Crippen molar-refractivity contribution in [1.29, 1.82) is 0 Å². The number of hydrazone groups is 1. The third-order valence-corrected chi connectivity index (χ3v) is 5.96. The number of rotatable bonds is 6. The minimum atomic E-state index is -0.480. The third-order valence-electron chi connectivity index (χ3n) is 5.96. The second kappa shape index (κ2) is 10.0. The van der Waals surface area contributed by atoms with Gasteiger partial charge in [0.15, 0.2) is 5.69 Å². The number of aromatic amines is 1. The summed E-state index contributed by atoms with van der Waals surface area (Å²) in [5, 5.41) is 20.8. The first kappa shape index (κ1) is 23.4. The topological polar surface area (TPSA) is 156 Å². The lowest BCUT2D eigenvalue weighted by Crippen LogP contribution is -2.38. The minimum absolute atomic E-state index is 0. The molecule has 4 N–H and O–H groups in total. The van der Waals surface area contributed by atoms with E-state index < -0.39 is 5.91 Å². The SMILES string of the molecule is CC1CCCCN1Cc1c(C(=O)N/N=C\c2c[nH]c3ccccc23)nnn1-c1nonc1N.Cl. The number of halogens is 1. The molecular formula is C21H25ClN10O2. The Bertz CT molecular complexity index is 1310. The van der Waals surface area contributed by atoms with Gasteiger partial charge in [0.1, 0.15) is 0 Å². The monoisotopic (exact) mass is 484 g/mol. The molecule has 1 aliphatic rings. The summed E-state index contributed by atoms with van der Waals surface area (Å²) in [4.78, 5) is 18.4. The number of para-hydroxylation sites is 1. The molecule has 4 heterocycles. The summed E-state index contributed by atoms with van der Waals surface area (Å²) in [5.41, 5.74) is 11.0. The van der Waals surface area contributed by atoms with Gasteiger partial charge in [-0.05, 0) is 42.7 Å². The van der Waals surface area contributed by atoms with Crippen LogP contribution in [-0.2, 0) is 6.54 Å². The summed E-state index contributed by atoms with van der Waals surface area (Å²) in [7, 11) is 0. The summed E-state index contributed by atoms with van der Waals surface area (Å²) in [6.45, 7) is 3.54. The van der Waals surface area contributed by atoms with E-state index in [0.717, 1.165) is 35.9 Å². The van der Waals surface area contributed by atoms with Crippen LogP contribution < -0.4 is 11.2 Å². The maximum atomic E-state index is 13.0. The van der Waals surface area contributed by atoms with Crippen LogP contribution >= 0.6 is 12.4 Å². The van der Waals surface area contributed by atoms with Crippen LogP contribution in [0, 0.1) is 0 Å². The summed E-state index contributed by atoms with van der Waals surface area (Å²) < 4.78 is 6.13. The van der Waals surface area contributed by atoms with Crippen molar-refractivity contribution in [2.45, 2.75) is 38.8 Å². The van der Waals surface area contributed by atoms with Crippen molar-refractivity contribution in [2.24, 2.45) is 5.10 Å². The number of fused-ring (bicyclic) bond motifs is 1. The van der Waals surface area contributed by atoms with E-state index in [1.165, 1.54) is 11.1 Å². The van der Waals surface area contributed by atoms with Crippen LogP contribution in [0.3, 0.4) is 0 Å². The molecule has 0 radical (unpaired) electrons. The summed E-state index contributed by atoms with van der Waals surface area (Å²) >= 11 is 0. The number of carbonyl (C=O) groups excluding carboxylic acids is 1. The Hall–Kier alpha value is -3.77. The van der Waals surface area contributed by atoms with Crippen LogP contribution in [0.25, 0.3) is 16.7 Å². The van der Waals surface area contributed by atoms with Gasteiger partial charge in [-0.1, -0.05) is 29.8 Å². The Morgan fingerprint density at radius 3 is 3.00 bits per heavy atom. The lowest BCUT2D eigenvalue weighted by Gasteiger charge is -2.33. The molecule has 4 aromatic rings. The van der Waals surface area contributed by atoms with Crippen LogP contribution in [0.15, 0.2) is 40.2 Å². The number of nitrogens with two attached hydrogens (primary N) is 1. The zero-order chi connectivity index (χ0) is 22.8. The number of carbonyl (C=O) groups is 1. The Labute approximate surface area is 200 Å². The van der Waals surface area contributed by atoms with Crippen LogP contribution in [-0.4, -0.2) is 59.9 Å². The van der Waals surface area contributed by atoms with E-state index >= 15 is 0 Å². The molecule has 1 saturated heterocycles. The first-order valence-electron chi connectivity index (χ1n) is 10.8. The number of nitrogens with zero attached hydrogens (tertiary/aromatic N) is 7. The quantitative estimate of drug-likeness (QED) is 0.278. The predicted octanol–water partition coefficient (Wildman–Crippen LogP) is 2.27. The van der Waals surface area contributed by atoms with E-state index in [0.29, 0.717) is 18.3 Å². The summed E-state index contributed by atoms with van der Waals surface area (Å²) in [6, 6.07) is 8.22. The van der Waals surface area contributed by atoms with Crippen molar-refractivity contribution in [3.8, 4) is 5.82 Å². The van der Waals surface area contributed by atoms with Gasteiger partial charge in [-0.3, -0.25) is 9.69 Å². The van der Waals surface area contributed by atoms with Gasteiger partial charge < -0.3 is 10.7 Å². The van der Waals surface area contributed by atoms with E-state index in [4.69, 9.17) is 10.4 Å². The molecule has 178 valence electrons. The number of nitrogen functional groups attached to an aromatic ring is 1. The highest BCUT2D eigenvalue weighted by Gasteiger charge is 2.28. The number of likely N-dealkylation sites (tertiary alicyclic amines) is 1. The number of benzene rings is 1. The standard InChI is InChI=1S/C21H24N10O2.ClH/c1-13-6-4-5-9-30(13)12-17-18(25-29-31(17)20-19(22)27-33-28-20)21(32)26-24-11-14-10-23-16-8-3-2-7-15(14)16;/h2-3,7-8,10-11,13,23H,4-6,9,12H2,1H3,(H2,22,27)(H,26,32);1H/b24-11-;. The van der Waals surface area contributed by atoms with Crippen molar-refractivity contribution >= 4 is 41.2 Å². The number of piperidine rings is 1. The smallest absolute Gasteiger partial charge is 0.293 e. The molecule has 1 fully saturated rings. The van der Waals surface area contributed by atoms with Gasteiger partial charge in [-0.15, -0.1) is 17.5 Å². The number of aromatic nitrogens is 6. The molecule has 1 aliphatic heterocycles. The second-order valence-corrected chi connectivity index (χ2v) is 8.07. The van der Waals surface area contributed by atoms with Gasteiger partial charge >= 0.3 is 0 Å². The van der Waals surface area contributed by atoms with E-state index in [-0.39, 0.29) is 29.7 Å². The predicted molar refractivity (Wildman–Crippen MR) is 128 cm³/mol. The highest BCUT2D eigenvalue weighted by atomic mass is 35.5. The Balaban J connectivity index is 0.00000274. The Kier molecular flexibility index (Phi) is 6.89. The molecule has 1 atom stereocenters. The first-order chi connectivity index (χ1) is 16.1. The maximum Gasteiger partial charge on any atom is 0.293 e. The van der Waals surface area contributed by atoms with Crippen molar-refractivity contribution in [3.63, 3.8) is 0 Å². The van der Waals surface area contributed by atoms with Crippen molar-refractivity contribution < 1.29 is 9.42 Å². The highest BCUT2D eigenvalue weighted by molar-refractivity contribution is 6.00. The summed E-state index contributed by atoms with van der Waals surface area (Å²) in [6.07, 6.45) is 6.79. The molecule has 13 heteroatoms. The van der Waals surface area contributed by atoms with Gasteiger partial charge in [0.05, 0.1) is 11.9 Å². The fraction of sp³-hybridized carbons (Fsp3) is 0.333. The molecule has 0 saturated carbocycles. The van der Waals surface area contributed by atoms with Crippen LogP contribution in [0.1, 0.15) is 47.9 Å². The molecule has 1 amide bonds. The molecule has 1 aromatic carbocycles. The number of anilines is 1. The lowest BCUT2D eigenvalue weighted by atomic mass is 10.0. The Morgan fingerprint density at radius 1 is 1.35 bits per heavy atom. The minimum Gasteiger partial charge on any atom is -0.378 e. The van der Waals surface area contributed by atoms with Crippen LogP contribution in [0.5, 0.6) is 0 Å². The van der Waals surface area contributed by atoms with Crippen molar-refractivity contribution in [1.82, 2.24) is 40.6 Å². The largest absolute Gasteiger partial charge is 0.378 e. The number of nitrogens with one attached hydrogen (secondary N) is 2. The number of hydrogen-bond acceptors (Lipinski definition) is 9.